The van der Waals surface area contributed by atoms with E-state index in [0.717, 1.165) is 0 Å². The van der Waals surface area contributed by atoms with Crippen LogP contribution in [0.1, 0.15) is 47.4 Å². The first-order valence-corrected chi connectivity index (χ1v) is 9.19. The summed E-state index contributed by atoms with van der Waals surface area (Å²) in [5, 5.41) is 13.3. The van der Waals surface area contributed by atoms with Crippen molar-refractivity contribution < 1.29 is 9.90 Å². The van der Waals surface area contributed by atoms with Crippen molar-refractivity contribution in [2.75, 3.05) is 0 Å². The van der Waals surface area contributed by atoms with Gasteiger partial charge in [0, 0.05) is 28.7 Å². The van der Waals surface area contributed by atoms with Gasteiger partial charge in [0.1, 0.15) is 11.4 Å². The summed E-state index contributed by atoms with van der Waals surface area (Å²) in [6.07, 6.45) is 3.92. The molecule has 138 valence electrons. The molecular weight excluding hydrogens is 377 g/mol. The quantitative estimate of drug-likeness (QED) is 0.741. The molecule has 0 saturated heterocycles. The van der Waals surface area contributed by atoms with Crippen molar-refractivity contribution in [3.8, 4) is 0 Å². The largest absolute Gasteiger partial charge is 0.393 e. The molecule has 0 radical (unpaired) electrons. The zero-order valence-corrected chi connectivity index (χ0v) is 15.5. The van der Waals surface area contributed by atoms with E-state index in [-0.39, 0.29) is 24.1 Å². The lowest BCUT2D eigenvalue weighted by Crippen LogP contribution is -2.40. The fourth-order valence-electron chi connectivity index (χ4n) is 3.04. The van der Waals surface area contributed by atoms with Crippen LogP contribution in [0.5, 0.6) is 0 Å². The highest BCUT2D eigenvalue weighted by Gasteiger charge is 2.22. The molecule has 1 amide bonds. The smallest absolute Gasteiger partial charge is 0.263 e. The highest BCUT2D eigenvalue weighted by atomic mass is 35.5. The first-order chi connectivity index (χ1) is 12.4. The van der Waals surface area contributed by atoms with E-state index in [4.69, 9.17) is 23.2 Å². The zero-order valence-electron chi connectivity index (χ0n) is 14.0. The van der Waals surface area contributed by atoms with Crippen LogP contribution >= 0.6 is 23.2 Å². The molecule has 1 fully saturated rings. The summed E-state index contributed by atoms with van der Waals surface area (Å²) < 4.78 is 0. The molecule has 0 unspecified atom stereocenters. The van der Waals surface area contributed by atoms with Crippen LogP contribution in [-0.2, 0) is 6.42 Å². The maximum absolute atomic E-state index is 12.3. The molecule has 1 aliphatic carbocycles. The number of amides is 1. The van der Waals surface area contributed by atoms with Gasteiger partial charge in [-0.05, 0) is 43.4 Å². The Balaban J connectivity index is 1.71. The number of carbonyl (C=O) groups is 1. The molecule has 8 heteroatoms. The first kappa shape index (κ1) is 18.9. The third-order valence-corrected chi connectivity index (χ3v) is 5.24. The summed E-state index contributed by atoms with van der Waals surface area (Å²) >= 11 is 12.3. The van der Waals surface area contributed by atoms with E-state index in [1.54, 1.807) is 18.2 Å². The number of H-pyrrole nitrogens is 1. The molecule has 0 bridgehead atoms. The minimum atomic E-state index is -0.508. The average Bonchev–Trinajstić information content (AvgIpc) is 2.60. The van der Waals surface area contributed by atoms with Gasteiger partial charge < -0.3 is 15.4 Å². The number of aromatic amines is 1. The summed E-state index contributed by atoms with van der Waals surface area (Å²) in [4.78, 5) is 31.4. The summed E-state index contributed by atoms with van der Waals surface area (Å²) in [5.41, 5.74) is 0.119. The molecule has 0 atom stereocenters. The van der Waals surface area contributed by atoms with Gasteiger partial charge in [-0.2, -0.15) is 0 Å². The van der Waals surface area contributed by atoms with Crippen LogP contribution in [0.2, 0.25) is 10.0 Å². The van der Waals surface area contributed by atoms with Crippen molar-refractivity contribution in [1.29, 1.82) is 0 Å². The number of aliphatic hydroxyl groups excluding tert-OH is 1. The van der Waals surface area contributed by atoms with E-state index in [1.807, 2.05) is 0 Å². The lowest BCUT2D eigenvalue weighted by Gasteiger charge is -2.26. The number of halogens is 2. The Bertz CT molecular complexity index is 841. The van der Waals surface area contributed by atoms with Gasteiger partial charge in [-0.1, -0.05) is 29.3 Å². The Kier molecular flexibility index (Phi) is 5.96. The summed E-state index contributed by atoms with van der Waals surface area (Å²) in [6, 6.07) is 5.13. The van der Waals surface area contributed by atoms with Crippen LogP contribution < -0.4 is 10.9 Å². The van der Waals surface area contributed by atoms with Crippen LogP contribution in [0, 0.1) is 0 Å². The molecular formula is C18H19Cl2N3O3. The topological polar surface area (TPSA) is 95.1 Å². The number of benzene rings is 1. The Hall–Kier alpha value is -1.89. The van der Waals surface area contributed by atoms with Crippen molar-refractivity contribution in [3.63, 3.8) is 0 Å². The van der Waals surface area contributed by atoms with Crippen LogP contribution in [0.3, 0.4) is 0 Å². The molecule has 0 spiro atoms. The van der Waals surface area contributed by atoms with E-state index in [9.17, 15) is 14.7 Å². The maximum atomic E-state index is 12.3. The lowest BCUT2D eigenvalue weighted by molar-refractivity contribution is 0.0866. The first-order valence-electron chi connectivity index (χ1n) is 8.44. The van der Waals surface area contributed by atoms with E-state index in [1.165, 1.54) is 6.20 Å². The molecule has 26 heavy (non-hydrogen) atoms. The second kappa shape index (κ2) is 8.20. The Labute approximate surface area is 160 Å². The Morgan fingerprint density at radius 2 is 1.88 bits per heavy atom. The normalized spacial score (nSPS) is 20.0. The molecule has 1 aliphatic rings. The van der Waals surface area contributed by atoms with Gasteiger partial charge in [0.2, 0.25) is 0 Å². The summed E-state index contributed by atoms with van der Waals surface area (Å²) in [5.74, 6) is -0.0789. The molecule has 1 aromatic carbocycles. The molecule has 0 aliphatic heterocycles. The van der Waals surface area contributed by atoms with Gasteiger partial charge in [0.25, 0.3) is 11.5 Å². The number of nitrogens with one attached hydrogen (secondary N) is 2. The second-order valence-corrected chi connectivity index (χ2v) is 7.24. The fourth-order valence-corrected chi connectivity index (χ4v) is 3.57. The van der Waals surface area contributed by atoms with Crippen molar-refractivity contribution >= 4 is 29.1 Å². The highest BCUT2D eigenvalue weighted by Crippen LogP contribution is 2.25. The second-order valence-electron chi connectivity index (χ2n) is 6.43. The van der Waals surface area contributed by atoms with Gasteiger partial charge in [0.05, 0.1) is 6.10 Å². The maximum Gasteiger partial charge on any atom is 0.263 e. The third-order valence-electron chi connectivity index (χ3n) is 4.53. The fraction of sp³-hybridized carbons (Fsp3) is 0.389. The van der Waals surface area contributed by atoms with Crippen molar-refractivity contribution in [3.05, 3.63) is 61.7 Å². The number of aromatic nitrogens is 2. The lowest BCUT2D eigenvalue weighted by atomic mass is 9.93. The molecule has 1 heterocycles. The van der Waals surface area contributed by atoms with Crippen molar-refractivity contribution in [2.24, 2.45) is 0 Å². The van der Waals surface area contributed by atoms with Gasteiger partial charge in [-0.3, -0.25) is 9.59 Å². The number of hydrogen-bond donors (Lipinski definition) is 3. The van der Waals surface area contributed by atoms with Crippen LogP contribution in [0.25, 0.3) is 0 Å². The van der Waals surface area contributed by atoms with E-state index in [2.05, 4.69) is 15.3 Å². The van der Waals surface area contributed by atoms with Crippen molar-refractivity contribution in [1.82, 2.24) is 15.3 Å². The number of carbonyl (C=O) groups excluding carboxylic acids is 1. The van der Waals surface area contributed by atoms with Crippen LogP contribution in [0.4, 0.5) is 0 Å². The van der Waals surface area contributed by atoms with Gasteiger partial charge >= 0.3 is 0 Å². The molecule has 1 saturated carbocycles. The zero-order chi connectivity index (χ0) is 18.7. The van der Waals surface area contributed by atoms with Crippen LogP contribution in [0.15, 0.2) is 29.2 Å². The Morgan fingerprint density at radius 1 is 1.23 bits per heavy atom. The molecule has 2 aromatic rings. The predicted octanol–water partition coefficient (Wildman–Crippen LogP) is 2.70. The monoisotopic (exact) mass is 395 g/mol. The molecule has 3 rings (SSSR count). The highest BCUT2D eigenvalue weighted by molar-refractivity contribution is 6.36. The number of hydrogen-bond acceptors (Lipinski definition) is 4. The van der Waals surface area contributed by atoms with Gasteiger partial charge in [-0.25, -0.2) is 4.98 Å². The van der Waals surface area contributed by atoms with Gasteiger partial charge in [-0.15, -0.1) is 0 Å². The van der Waals surface area contributed by atoms with Crippen LogP contribution in [-0.4, -0.2) is 33.1 Å². The van der Waals surface area contributed by atoms with E-state index < -0.39 is 11.5 Å². The minimum Gasteiger partial charge on any atom is -0.393 e. The Morgan fingerprint density at radius 3 is 2.50 bits per heavy atom. The minimum absolute atomic E-state index is 0.0353. The molecule has 1 aromatic heterocycles. The SMILES string of the molecule is O=C(NC1CCC(O)CC1)c1cnc(Cc2c(Cl)cccc2Cl)[nH]c1=O. The number of rotatable bonds is 4. The molecule has 6 nitrogen and oxygen atoms in total. The van der Waals surface area contributed by atoms with Gasteiger partial charge in [0.15, 0.2) is 0 Å². The standard InChI is InChI=1S/C18H19Cl2N3O3/c19-14-2-1-3-15(20)12(14)8-16-21-9-13(18(26)23-16)17(25)22-10-4-6-11(24)7-5-10/h1-3,9-11,24H,4-8H2,(H,22,25)(H,21,23,26). The van der Waals surface area contributed by atoms with Crippen molar-refractivity contribution in [2.45, 2.75) is 44.2 Å². The van der Waals surface area contributed by atoms with E-state index >= 15 is 0 Å². The predicted molar refractivity (Wildman–Crippen MR) is 99.9 cm³/mol. The summed E-state index contributed by atoms with van der Waals surface area (Å²) in [7, 11) is 0. The molecule has 3 N–H and O–H groups in total. The third kappa shape index (κ3) is 4.44. The van der Waals surface area contributed by atoms with E-state index in [0.29, 0.717) is 47.1 Å². The number of aliphatic hydroxyl groups is 1. The average molecular weight is 396 g/mol. The number of nitrogens with zero attached hydrogens (tertiary/aromatic N) is 1. The summed E-state index contributed by atoms with van der Waals surface area (Å²) in [6.45, 7) is 0.